The van der Waals surface area contributed by atoms with Gasteiger partial charge >= 0.3 is 12.6 Å². The van der Waals surface area contributed by atoms with Crippen molar-refractivity contribution in [3.05, 3.63) is 65.2 Å². The molecule has 0 atom stereocenters. The zero-order valence-corrected chi connectivity index (χ0v) is 15.8. The molecule has 0 saturated carbocycles. The van der Waals surface area contributed by atoms with Gasteiger partial charge in [0.05, 0.1) is 5.56 Å². The van der Waals surface area contributed by atoms with Crippen molar-refractivity contribution >= 4 is 17.7 Å². The molecule has 0 aliphatic carbocycles. The molecule has 29 heavy (non-hydrogen) atoms. The molecule has 2 aromatic carbocycles. The Morgan fingerprint density at radius 2 is 1.59 bits per heavy atom. The molecular weight excluding hydrogens is 384 g/mol. The molecule has 0 heterocycles. The van der Waals surface area contributed by atoms with Crippen LogP contribution in [0.3, 0.4) is 0 Å². The van der Waals surface area contributed by atoms with E-state index in [1.807, 2.05) is 12.1 Å². The average Bonchev–Trinajstić information content (AvgIpc) is 2.69. The number of nitrogens with one attached hydrogen (secondary N) is 1. The number of hydrogen-bond donors (Lipinski definition) is 1. The Hall–Kier alpha value is -3.29. The number of alkyl halides is 2. The topological polar surface area (TPSA) is 81.7 Å². The summed E-state index contributed by atoms with van der Waals surface area (Å²) in [5.41, 5.74) is 1.55. The van der Waals surface area contributed by atoms with Crippen molar-refractivity contribution in [3.63, 3.8) is 0 Å². The number of aryl methyl sites for hydroxylation is 1. The lowest BCUT2D eigenvalue weighted by atomic mass is 10.1. The highest BCUT2D eigenvalue weighted by Crippen LogP contribution is 2.15. The van der Waals surface area contributed by atoms with Crippen LogP contribution < -0.4 is 10.1 Å². The van der Waals surface area contributed by atoms with Crippen LogP contribution in [-0.2, 0) is 16.0 Å². The molecule has 0 fully saturated rings. The largest absolute Gasteiger partial charge is 0.454 e. The van der Waals surface area contributed by atoms with Gasteiger partial charge in [-0.05, 0) is 42.7 Å². The molecule has 2 aromatic rings. The van der Waals surface area contributed by atoms with E-state index in [2.05, 4.69) is 10.1 Å². The lowest BCUT2D eigenvalue weighted by molar-refractivity contribution is -0.118. The molecule has 0 aliphatic rings. The predicted octanol–water partition coefficient (Wildman–Crippen LogP) is 3.40. The Kier molecular flexibility index (Phi) is 8.27. The summed E-state index contributed by atoms with van der Waals surface area (Å²) in [5, 5.41) is 2.72. The maximum atomic E-state index is 12.2. The van der Waals surface area contributed by atoms with Gasteiger partial charge in [0.25, 0.3) is 0 Å². The van der Waals surface area contributed by atoms with Gasteiger partial charge in [0.1, 0.15) is 5.75 Å². The van der Waals surface area contributed by atoms with Crippen molar-refractivity contribution in [2.45, 2.75) is 26.4 Å². The summed E-state index contributed by atoms with van der Waals surface area (Å²) in [6.45, 7) is -1.34. The van der Waals surface area contributed by atoms with Crippen molar-refractivity contribution in [2.24, 2.45) is 0 Å². The van der Waals surface area contributed by atoms with Crippen molar-refractivity contribution in [1.82, 2.24) is 5.32 Å². The minimum Gasteiger partial charge on any atom is -0.454 e. The molecule has 154 valence electrons. The summed E-state index contributed by atoms with van der Waals surface area (Å²) < 4.78 is 33.4. The fourth-order valence-electron chi connectivity index (χ4n) is 2.48. The molecule has 8 heteroatoms. The first-order valence-electron chi connectivity index (χ1n) is 8.93. The van der Waals surface area contributed by atoms with Gasteiger partial charge in [-0.1, -0.05) is 24.3 Å². The third kappa shape index (κ3) is 7.69. The van der Waals surface area contributed by atoms with Crippen LogP contribution in [0.2, 0.25) is 0 Å². The number of rotatable bonds is 10. The summed E-state index contributed by atoms with van der Waals surface area (Å²) in [6.07, 6.45) is 1.54. The van der Waals surface area contributed by atoms with E-state index in [1.54, 1.807) is 12.1 Å². The van der Waals surface area contributed by atoms with Crippen LogP contribution in [0.4, 0.5) is 8.78 Å². The Morgan fingerprint density at radius 1 is 0.966 bits per heavy atom. The van der Waals surface area contributed by atoms with E-state index in [0.29, 0.717) is 12.1 Å². The van der Waals surface area contributed by atoms with Crippen LogP contribution in [0.25, 0.3) is 0 Å². The number of Topliss-reactive ketones (excluding diaryl/α,β-unsaturated/α-hetero) is 1. The molecule has 0 unspecified atom stereocenters. The predicted molar refractivity (Wildman–Crippen MR) is 101 cm³/mol. The van der Waals surface area contributed by atoms with E-state index < -0.39 is 19.2 Å². The molecule has 1 amide bonds. The number of ketones is 1. The Labute approximate surface area is 166 Å². The highest BCUT2D eigenvalue weighted by molar-refractivity contribution is 5.99. The van der Waals surface area contributed by atoms with Crippen LogP contribution in [0.5, 0.6) is 5.75 Å². The zero-order chi connectivity index (χ0) is 21.2. The van der Waals surface area contributed by atoms with Crippen molar-refractivity contribution in [1.29, 1.82) is 0 Å². The second-order valence-corrected chi connectivity index (χ2v) is 6.19. The van der Waals surface area contributed by atoms with Gasteiger partial charge in [-0.15, -0.1) is 0 Å². The van der Waals surface area contributed by atoms with Crippen LogP contribution in [-0.4, -0.2) is 37.4 Å². The second kappa shape index (κ2) is 10.9. The molecule has 0 radical (unpaired) electrons. The van der Waals surface area contributed by atoms with E-state index >= 15 is 0 Å². The number of carbonyl (C=O) groups excluding carboxylic acids is 3. The monoisotopic (exact) mass is 405 g/mol. The van der Waals surface area contributed by atoms with Crippen LogP contribution >= 0.6 is 0 Å². The highest BCUT2D eigenvalue weighted by atomic mass is 19.3. The van der Waals surface area contributed by atoms with E-state index in [1.165, 1.54) is 31.2 Å². The second-order valence-electron chi connectivity index (χ2n) is 6.19. The van der Waals surface area contributed by atoms with Gasteiger partial charge in [-0.25, -0.2) is 4.79 Å². The van der Waals surface area contributed by atoms with Crippen molar-refractivity contribution in [3.8, 4) is 5.75 Å². The van der Waals surface area contributed by atoms with E-state index in [9.17, 15) is 23.2 Å². The number of hydrogen-bond acceptors (Lipinski definition) is 5. The lowest BCUT2D eigenvalue weighted by Gasteiger charge is -2.07. The maximum Gasteiger partial charge on any atom is 0.387 e. The summed E-state index contributed by atoms with van der Waals surface area (Å²) in [7, 11) is 0. The summed E-state index contributed by atoms with van der Waals surface area (Å²) in [6, 6.07) is 11.9. The minimum atomic E-state index is -2.95. The van der Waals surface area contributed by atoms with Gasteiger partial charge < -0.3 is 14.8 Å². The third-order valence-corrected chi connectivity index (χ3v) is 3.94. The number of halogens is 2. The smallest absolute Gasteiger partial charge is 0.387 e. The Morgan fingerprint density at radius 3 is 2.17 bits per heavy atom. The first-order valence-corrected chi connectivity index (χ1v) is 8.93. The first-order chi connectivity index (χ1) is 13.8. The first kappa shape index (κ1) is 22.0. The van der Waals surface area contributed by atoms with E-state index in [4.69, 9.17) is 4.74 Å². The lowest BCUT2D eigenvalue weighted by Crippen LogP contribution is -2.21. The van der Waals surface area contributed by atoms with Crippen molar-refractivity contribution in [2.75, 3.05) is 13.2 Å². The molecule has 0 aliphatic heterocycles. The zero-order valence-electron chi connectivity index (χ0n) is 15.8. The van der Waals surface area contributed by atoms with Gasteiger partial charge in [-0.3, -0.25) is 9.59 Å². The molecule has 0 bridgehead atoms. The van der Waals surface area contributed by atoms with E-state index in [0.717, 1.165) is 18.4 Å². The quantitative estimate of drug-likeness (QED) is 0.372. The van der Waals surface area contributed by atoms with Gasteiger partial charge in [0.2, 0.25) is 5.91 Å². The Balaban J connectivity index is 1.80. The number of benzene rings is 2. The molecule has 2 rings (SSSR count). The molecule has 0 aromatic heterocycles. The highest BCUT2D eigenvalue weighted by Gasteiger charge is 2.13. The minimum absolute atomic E-state index is 0.0714. The average molecular weight is 405 g/mol. The standard InChI is InChI=1S/C21H21F2NO5/c1-14(25)24-12-2-3-15-4-6-16(7-5-15)19(26)13-28-20(27)17-8-10-18(11-9-17)29-21(22)23/h4-11,21H,2-3,12-13H2,1H3,(H,24,25). The fraction of sp³-hybridized carbons (Fsp3) is 0.286. The van der Waals surface area contributed by atoms with Crippen LogP contribution in [0.15, 0.2) is 48.5 Å². The number of carbonyl (C=O) groups is 3. The third-order valence-electron chi connectivity index (χ3n) is 3.94. The van der Waals surface area contributed by atoms with Crippen LogP contribution in [0, 0.1) is 0 Å². The SMILES string of the molecule is CC(=O)NCCCc1ccc(C(=O)COC(=O)c2ccc(OC(F)F)cc2)cc1. The van der Waals surface area contributed by atoms with Gasteiger partial charge in [0, 0.05) is 19.0 Å². The number of ether oxygens (including phenoxy) is 2. The molecule has 0 spiro atoms. The maximum absolute atomic E-state index is 12.2. The summed E-state index contributed by atoms with van der Waals surface area (Å²) >= 11 is 0. The van der Waals surface area contributed by atoms with E-state index in [-0.39, 0.29) is 23.0 Å². The van der Waals surface area contributed by atoms with Crippen molar-refractivity contribution < 1.29 is 32.6 Å². The summed E-state index contributed by atoms with van der Waals surface area (Å²) in [4.78, 5) is 35.0. The number of amides is 1. The summed E-state index contributed by atoms with van der Waals surface area (Å²) in [5.74, 6) is -1.25. The molecule has 6 nitrogen and oxygen atoms in total. The Bertz CT molecular complexity index is 835. The molecule has 0 saturated heterocycles. The molecule has 1 N–H and O–H groups in total. The molecular formula is C21H21F2NO5. The normalized spacial score (nSPS) is 10.5. The van der Waals surface area contributed by atoms with Crippen LogP contribution in [0.1, 0.15) is 39.6 Å². The number of esters is 1. The fourth-order valence-corrected chi connectivity index (χ4v) is 2.48. The van der Waals surface area contributed by atoms with Gasteiger partial charge in [-0.2, -0.15) is 8.78 Å². The van der Waals surface area contributed by atoms with Gasteiger partial charge in [0.15, 0.2) is 12.4 Å².